The molecule has 7 heteroatoms. The Kier molecular flexibility index (Phi) is 7.20. The van der Waals surface area contributed by atoms with Crippen LogP contribution in [0.25, 0.3) is 0 Å². The maximum atomic E-state index is 11.2. The molecule has 1 amide bonds. The van der Waals surface area contributed by atoms with Crippen molar-refractivity contribution in [3.8, 4) is 0 Å². The van der Waals surface area contributed by atoms with Gasteiger partial charge in [0, 0.05) is 31.1 Å². The second-order valence-corrected chi connectivity index (χ2v) is 6.08. The van der Waals surface area contributed by atoms with E-state index in [1.165, 1.54) is 0 Å². The summed E-state index contributed by atoms with van der Waals surface area (Å²) in [5.74, 6) is 1.40. The number of hydrogen-bond donors (Lipinski definition) is 3. The van der Waals surface area contributed by atoms with Gasteiger partial charge in [0.1, 0.15) is 0 Å². The van der Waals surface area contributed by atoms with Crippen LogP contribution in [0.4, 0.5) is 0 Å². The van der Waals surface area contributed by atoms with E-state index in [0.717, 1.165) is 29.9 Å². The summed E-state index contributed by atoms with van der Waals surface area (Å²) < 4.78 is 5.40. The van der Waals surface area contributed by atoms with Gasteiger partial charge in [-0.25, -0.2) is 0 Å². The minimum Gasteiger partial charge on any atom is -0.366 e. The van der Waals surface area contributed by atoms with Gasteiger partial charge in [-0.3, -0.25) is 9.79 Å². The number of nitrogens with two attached hydrogens (primary N) is 1. The number of nitrogens with one attached hydrogen (secondary N) is 2. The number of benzene rings is 1. The zero-order valence-corrected chi connectivity index (χ0v) is 15.6. The Bertz CT molecular complexity index is 750. The highest BCUT2D eigenvalue weighted by atomic mass is 16.5. The molecule has 1 heterocycles. The quantitative estimate of drug-likeness (QED) is 0.497. The summed E-state index contributed by atoms with van der Waals surface area (Å²) in [6, 6.07) is 9.18. The molecule has 0 aliphatic heterocycles. The van der Waals surface area contributed by atoms with Crippen molar-refractivity contribution >= 4 is 11.9 Å². The maximum absolute atomic E-state index is 11.2. The minimum absolute atomic E-state index is 0.433. The number of aromatic nitrogens is 1. The molecule has 0 aliphatic carbocycles. The highest BCUT2D eigenvalue weighted by Crippen LogP contribution is 2.22. The highest BCUT2D eigenvalue weighted by molar-refractivity contribution is 5.92. The Morgan fingerprint density at radius 1 is 1.23 bits per heavy atom. The Morgan fingerprint density at radius 2 is 1.96 bits per heavy atom. The molecule has 26 heavy (non-hydrogen) atoms. The second-order valence-electron chi connectivity index (χ2n) is 6.08. The lowest BCUT2D eigenvalue weighted by atomic mass is 9.99. The Balaban J connectivity index is 1.88. The number of nitrogens with zero attached hydrogens (tertiary/aromatic N) is 2. The largest absolute Gasteiger partial charge is 0.366 e. The van der Waals surface area contributed by atoms with Crippen molar-refractivity contribution in [2.75, 3.05) is 7.05 Å². The van der Waals surface area contributed by atoms with Gasteiger partial charge < -0.3 is 20.9 Å². The number of hydrogen-bond acceptors (Lipinski definition) is 4. The van der Waals surface area contributed by atoms with Gasteiger partial charge in [-0.15, -0.1) is 0 Å². The van der Waals surface area contributed by atoms with E-state index in [9.17, 15) is 4.79 Å². The first-order valence-corrected chi connectivity index (χ1v) is 8.86. The van der Waals surface area contributed by atoms with Crippen molar-refractivity contribution in [2.24, 2.45) is 10.7 Å². The lowest BCUT2D eigenvalue weighted by Gasteiger charge is -2.11. The van der Waals surface area contributed by atoms with E-state index in [-0.39, 0.29) is 0 Å². The van der Waals surface area contributed by atoms with E-state index >= 15 is 0 Å². The third-order valence-electron chi connectivity index (χ3n) is 4.31. The van der Waals surface area contributed by atoms with Crippen LogP contribution in [0.15, 0.2) is 39.8 Å². The molecule has 0 fully saturated rings. The van der Waals surface area contributed by atoms with Crippen LogP contribution in [0, 0.1) is 0 Å². The van der Waals surface area contributed by atoms with Crippen molar-refractivity contribution in [2.45, 2.75) is 45.7 Å². The molecular weight excluding hydrogens is 330 g/mol. The molecular formula is C19H27N5O2. The zero-order valence-electron chi connectivity index (χ0n) is 15.6. The summed E-state index contributed by atoms with van der Waals surface area (Å²) in [7, 11) is 1.70. The molecule has 0 saturated carbocycles. The van der Waals surface area contributed by atoms with Gasteiger partial charge in [0.2, 0.25) is 5.91 Å². The Labute approximate surface area is 154 Å². The van der Waals surface area contributed by atoms with Crippen LogP contribution in [0.3, 0.4) is 0 Å². The third kappa shape index (κ3) is 5.34. The summed E-state index contributed by atoms with van der Waals surface area (Å²) in [5.41, 5.74) is 7.74. The first-order valence-electron chi connectivity index (χ1n) is 8.86. The fraction of sp³-hybridized carbons (Fsp3) is 0.421. The number of aliphatic imine (C=N–C) groups is 1. The van der Waals surface area contributed by atoms with Gasteiger partial charge in [0.05, 0.1) is 12.2 Å². The monoisotopic (exact) mass is 357 g/mol. The van der Waals surface area contributed by atoms with Crippen molar-refractivity contribution in [3.05, 3.63) is 52.9 Å². The summed E-state index contributed by atoms with van der Waals surface area (Å²) in [6.45, 7) is 5.32. The van der Waals surface area contributed by atoms with E-state index in [1.54, 1.807) is 25.2 Å². The lowest BCUT2D eigenvalue weighted by molar-refractivity contribution is 0.1000. The van der Waals surface area contributed by atoms with E-state index in [2.05, 4.69) is 34.6 Å². The third-order valence-corrected chi connectivity index (χ3v) is 4.31. The lowest BCUT2D eigenvalue weighted by Crippen LogP contribution is -2.36. The van der Waals surface area contributed by atoms with Crippen LogP contribution in [-0.4, -0.2) is 24.1 Å². The van der Waals surface area contributed by atoms with Crippen molar-refractivity contribution in [1.82, 2.24) is 15.8 Å². The van der Waals surface area contributed by atoms with E-state index in [1.807, 2.05) is 12.1 Å². The maximum Gasteiger partial charge on any atom is 0.248 e. The SMILES string of the molecule is CCC(CC)c1cc(CNC(=NC)NCc2cccc(C(N)=O)c2)on1. The van der Waals surface area contributed by atoms with Crippen LogP contribution < -0.4 is 16.4 Å². The molecule has 0 atom stereocenters. The molecule has 0 radical (unpaired) electrons. The molecule has 2 rings (SSSR count). The minimum atomic E-state index is -0.437. The number of primary amides is 1. The first-order chi connectivity index (χ1) is 12.6. The van der Waals surface area contributed by atoms with Gasteiger partial charge in [0.15, 0.2) is 11.7 Å². The van der Waals surface area contributed by atoms with Gasteiger partial charge in [-0.2, -0.15) is 0 Å². The van der Waals surface area contributed by atoms with Crippen LogP contribution in [0.2, 0.25) is 0 Å². The number of guanidine groups is 1. The Morgan fingerprint density at radius 3 is 2.62 bits per heavy atom. The zero-order chi connectivity index (χ0) is 18.9. The van der Waals surface area contributed by atoms with E-state index in [0.29, 0.717) is 30.5 Å². The number of carbonyl (C=O) groups excluding carboxylic acids is 1. The van der Waals surface area contributed by atoms with Crippen molar-refractivity contribution in [1.29, 1.82) is 0 Å². The molecule has 0 saturated heterocycles. The first kappa shape index (κ1) is 19.5. The summed E-state index contributed by atoms with van der Waals surface area (Å²) in [6.07, 6.45) is 2.09. The topological polar surface area (TPSA) is 106 Å². The highest BCUT2D eigenvalue weighted by Gasteiger charge is 2.13. The number of amides is 1. The summed E-state index contributed by atoms with van der Waals surface area (Å²) in [4.78, 5) is 15.4. The van der Waals surface area contributed by atoms with Gasteiger partial charge in [-0.1, -0.05) is 31.1 Å². The summed E-state index contributed by atoms with van der Waals surface area (Å²) in [5, 5.41) is 10.6. The summed E-state index contributed by atoms with van der Waals surface area (Å²) >= 11 is 0. The number of rotatable bonds is 8. The molecule has 2 aromatic rings. The van der Waals surface area contributed by atoms with Crippen molar-refractivity contribution in [3.63, 3.8) is 0 Å². The molecule has 0 aliphatic rings. The normalized spacial score (nSPS) is 11.6. The Hall–Kier alpha value is -2.83. The average molecular weight is 357 g/mol. The van der Waals surface area contributed by atoms with Crippen LogP contribution >= 0.6 is 0 Å². The second kappa shape index (κ2) is 9.60. The average Bonchev–Trinajstić information content (AvgIpc) is 3.12. The fourth-order valence-corrected chi connectivity index (χ4v) is 2.72. The fourth-order valence-electron chi connectivity index (χ4n) is 2.72. The van der Waals surface area contributed by atoms with Crippen LogP contribution in [0.5, 0.6) is 0 Å². The van der Waals surface area contributed by atoms with Gasteiger partial charge in [-0.05, 0) is 30.5 Å². The predicted molar refractivity (Wildman–Crippen MR) is 102 cm³/mol. The van der Waals surface area contributed by atoms with E-state index < -0.39 is 5.91 Å². The van der Waals surface area contributed by atoms with Crippen LogP contribution in [0.1, 0.15) is 60.0 Å². The molecule has 1 aromatic heterocycles. The molecule has 0 unspecified atom stereocenters. The van der Waals surface area contributed by atoms with Crippen molar-refractivity contribution < 1.29 is 9.32 Å². The molecule has 1 aromatic carbocycles. The standard InChI is InChI=1S/C19H27N5O2/c1-4-14(5-2)17-10-16(26-24-17)12-23-19(21-3)22-11-13-7-6-8-15(9-13)18(20)25/h6-10,14H,4-5,11-12H2,1-3H3,(H2,20,25)(H2,21,22,23). The van der Waals surface area contributed by atoms with Crippen LogP contribution in [-0.2, 0) is 13.1 Å². The molecule has 7 nitrogen and oxygen atoms in total. The van der Waals surface area contributed by atoms with E-state index in [4.69, 9.17) is 10.3 Å². The predicted octanol–water partition coefficient (Wildman–Crippen LogP) is 2.54. The molecule has 4 N–H and O–H groups in total. The molecule has 0 spiro atoms. The van der Waals surface area contributed by atoms with Gasteiger partial charge in [0.25, 0.3) is 0 Å². The van der Waals surface area contributed by atoms with Gasteiger partial charge >= 0.3 is 0 Å². The number of carbonyl (C=O) groups is 1. The smallest absolute Gasteiger partial charge is 0.248 e. The molecule has 140 valence electrons. The molecule has 0 bridgehead atoms.